The first-order valence-electron chi connectivity index (χ1n) is 8.60. The number of piperazine rings is 1. The van der Waals surface area contributed by atoms with Crippen LogP contribution in [0.5, 0.6) is 0 Å². The molecule has 1 aromatic rings. The van der Waals surface area contributed by atoms with Crippen LogP contribution in [0.4, 0.5) is 4.79 Å². The molecule has 7 heteroatoms. The van der Waals surface area contributed by atoms with Gasteiger partial charge in [0.25, 0.3) is 0 Å². The van der Waals surface area contributed by atoms with Gasteiger partial charge in [-0.3, -0.25) is 4.79 Å². The van der Waals surface area contributed by atoms with Crippen LogP contribution in [0.25, 0.3) is 0 Å². The zero-order valence-electron chi connectivity index (χ0n) is 15.1. The molecule has 1 heterocycles. The third kappa shape index (κ3) is 6.36. The van der Waals surface area contributed by atoms with Crippen molar-refractivity contribution in [1.82, 2.24) is 15.3 Å². The lowest BCUT2D eigenvalue weighted by molar-refractivity contribution is -0.153. The Bertz CT molecular complexity index is 557. The van der Waals surface area contributed by atoms with Crippen LogP contribution < -0.4 is 5.48 Å². The minimum Gasteiger partial charge on any atom is -0.462 e. The van der Waals surface area contributed by atoms with Gasteiger partial charge in [0.15, 0.2) is 0 Å². The minimum absolute atomic E-state index is 0.235. The fraction of sp³-hybridized carbons (Fsp3) is 0.556. The Labute approximate surface area is 148 Å². The third-order valence-electron chi connectivity index (χ3n) is 3.97. The van der Waals surface area contributed by atoms with E-state index in [2.05, 4.69) is 10.4 Å². The van der Waals surface area contributed by atoms with Gasteiger partial charge in [0.1, 0.15) is 6.04 Å². The number of benzene rings is 1. The average Bonchev–Trinajstić information content (AvgIpc) is 2.59. The summed E-state index contributed by atoms with van der Waals surface area (Å²) in [4.78, 5) is 33.4. The average molecular weight is 349 g/mol. The van der Waals surface area contributed by atoms with Gasteiger partial charge in [-0.2, -0.15) is 0 Å². The molecule has 1 aromatic carbocycles. The van der Waals surface area contributed by atoms with E-state index in [1.807, 2.05) is 37.4 Å². The normalized spacial score (nSPS) is 16.6. The summed E-state index contributed by atoms with van der Waals surface area (Å²) >= 11 is 0. The Hall–Kier alpha value is -2.12. The van der Waals surface area contributed by atoms with Crippen molar-refractivity contribution in [3.63, 3.8) is 0 Å². The summed E-state index contributed by atoms with van der Waals surface area (Å²) in [6.07, 6.45) is -0.327. The third-order valence-corrected chi connectivity index (χ3v) is 3.97. The van der Waals surface area contributed by atoms with Crippen LogP contribution >= 0.6 is 0 Å². The molecule has 0 aromatic heterocycles. The second-order valence-corrected chi connectivity index (χ2v) is 6.50. The van der Waals surface area contributed by atoms with E-state index in [1.54, 1.807) is 18.7 Å². The summed E-state index contributed by atoms with van der Waals surface area (Å²) in [5.74, 6) is -0.440. The molecule has 1 aliphatic heterocycles. The Balaban J connectivity index is 1.93. The van der Waals surface area contributed by atoms with E-state index in [1.165, 1.54) is 0 Å². The van der Waals surface area contributed by atoms with Crippen LogP contribution in [0.15, 0.2) is 30.3 Å². The molecule has 0 bridgehead atoms. The molecular formula is C18H27N3O4. The maximum atomic E-state index is 12.3. The molecule has 1 N–H and O–H groups in total. The molecule has 1 fully saturated rings. The van der Waals surface area contributed by atoms with Crippen LogP contribution in [0.3, 0.4) is 0 Å². The number of hydrogen-bond donors (Lipinski definition) is 1. The van der Waals surface area contributed by atoms with Crippen LogP contribution in [0.1, 0.15) is 19.4 Å². The van der Waals surface area contributed by atoms with Crippen LogP contribution in [-0.4, -0.2) is 67.2 Å². The smallest absolute Gasteiger partial charge is 0.428 e. The Morgan fingerprint density at radius 2 is 1.76 bits per heavy atom. The van der Waals surface area contributed by atoms with Crippen molar-refractivity contribution in [1.29, 1.82) is 0 Å². The van der Waals surface area contributed by atoms with Gasteiger partial charge in [-0.1, -0.05) is 30.3 Å². The highest BCUT2D eigenvalue weighted by molar-refractivity contribution is 5.76. The highest BCUT2D eigenvalue weighted by atomic mass is 16.7. The Morgan fingerprint density at radius 3 is 2.36 bits per heavy atom. The van der Waals surface area contributed by atoms with Gasteiger partial charge in [0.2, 0.25) is 0 Å². The molecule has 1 aliphatic rings. The van der Waals surface area contributed by atoms with E-state index in [9.17, 15) is 9.59 Å². The fourth-order valence-corrected chi connectivity index (χ4v) is 2.51. The number of ether oxygens (including phenoxy) is 1. The predicted molar refractivity (Wildman–Crippen MR) is 93.8 cm³/mol. The number of nitrogens with one attached hydrogen (secondary N) is 1. The van der Waals surface area contributed by atoms with Gasteiger partial charge < -0.3 is 19.4 Å². The first-order chi connectivity index (χ1) is 12.0. The molecule has 25 heavy (non-hydrogen) atoms. The monoisotopic (exact) mass is 349 g/mol. The van der Waals surface area contributed by atoms with E-state index in [-0.39, 0.29) is 6.10 Å². The van der Waals surface area contributed by atoms with Gasteiger partial charge in [-0.05, 0) is 26.5 Å². The molecule has 0 unspecified atom stereocenters. The molecular weight excluding hydrogens is 322 g/mol. The summed E-state index contributed by atoms with van der Waals surface area (Å²) in [5.41, 5.74) is 3.56. The summed E-state index contributed by atoms with van der Waals surface area (Å²) in [6, 6.07) is 8.79. The predicted octanol–water partition coefficient (Wildman–Crippen LogP) is 1.44. The van der Waals surface area contributed by atoms with Gasteiger partial charge in [0, 0.05) is 32.6 Å². The molecule has 1 atom stereocenters. The second kappa shape index (κ2) is 9.39. The molecule has 1 amide bonds. The number of likely N-dealkylation sites (N-methyl/N-ethyl adjacent to an activating group) is 1. The van der Waals surface area contributed by atoms with E-state index in [4.69, 9.17) is 9.57 Å². The topological polar surface area (TPSA) is 71.1 Å². The number of hydrogen-bond acceptors (Lipinski definition) is 6. The van der Waals surface area contributed by atoms with Gasteiger partial charge in [-0.15, -0.1) is 5.48 Å². The largest absolute Gasteiger partial charge is 0.462 e. The highest BCUT2D eigenvalue weighted by Crippen LogP contribution is 2.07. The van der Waals surface area contributed by atoms with Crippen LogP contribution in [-0.2, 0) is 20.8 Å². The van der Waals surface area contributed by atoms with Crippen LogP contribution in [0, 0.1) is 0 Å². The molecule has 0 spiro atoms. The maximum Gasteiger partial charge on any atom is 0.428 e. The zero-order valence-corrected chi connectivity index (χ0v) is 15.1. The van der Waals surface area contributed by atoms with Crippen LogP contribution in [0.2, 0.25) is 0 Å². The van der Waals surface area contributed by atoms with E-state index >= 15 is 0 Å². The maximum absolute atomic E-state index is 12.3. The van der Waals surface area contributed by atoms with Gasteiger partial charge >= 0.3 is 12.1 Å². The van der Waals surface area contributed by atoms with Crippen molar-refractivity contribution in [2.45, 2.75) is 32.4 Å². The zero-order chi connectivity index (χ0) is 18.2. The second-order valence-electron chi connectivity index (χ2n) is 6.50. The van der Waals surface area contributed by atoms with Crippen molar-refractivity contribution in [2.75, 3.05) is 33.2 Å². The first-order valence-corrected chi connectivity index (χ1v) is 8.60. The molecule has 0 radical (unpaired) electrons. The summed E-state index contributed by atoms with van der Waals surface area (Å²) in [6.45, 7) is 6.39. The lowest BCUT2D eigenvalue weighted by atomic mass is 10.1. The standard InChI is InChI=1S/C18H27N3O4/c1-14(2)24-17(22)16(13-15-7-5-4-6-8-15)19-25-18(23)21-11-9-20(3)10-12-21/h4-8,14,16,19H,9-13H2,1-3H3/t16-/m0/s1. The van der Waals surface area contributed by atoms with E-state index in [0.29, 0.717) is 19.5 Å². The van der Waals surface area contributed by atoms with Crippen molar-refractivity contribution in [3.8, 4) is 0 Å². The lowest BCUT2D eigenvalue weighted by Gasteiger charge is -2.31. The number of amides is 1. The molecule has 7 nitrogen and oxygen atoms in total. The molecule has 0 aliphatic carbocycles. The lowest BCUT2D eigenvalue weighted by Crippen LogP contribution is -2.50. The van der Waals surface area contributed by atoms with Gasteiger partial charge in [0.05, 0.1) is 6.10 Å². The van der Waals surface area contributed by atoms with Crippen molar-refractivity contribution in [2.24, 2.45) is 0 Å². The number of carbonyl (C=O) groups is 2. The van der Waals surface area contributed by atoms with E-state index in [0.717, 1.165) is 18.7 Å². The Kier molecular flexibility index (Phi) is 7.21. The Morgan fingerprint density at radius 1 is 1.12 bits per heavy atom. The molecule has 2 rings (SSSR count). The molecule has 0 saturated carbocycles. The highest BCUT2D eigenvalue weighted by Gasteiger charge is 2.26. The number of hydroxylamine groups is 1. The quantitative estimate of drug-likeness (QED) is 0.619. The number of nitrogens with zero attached hydrogens (tertiary/aromatic N) is 2. The van der Waals surface area contributed by atoms with Gasteiger partial charge in [-0.25, -0.2) is 4.79 Å². The van der Waals surface area contributed by atoms with Crippen molar-refractivity contribution in [3.05, 3.63) is 35.9 Å². The summed E-state index contributed by atoms with van der Waals surface area (Å²) < 4.78 is 5.26. The SMILES string of the molecule is CC(C)OC(=O)[C@H](Cc1ccccc1)NOC(=O)N1CCN(C)CC1. The fourth-order valence-electron chi connectivity index (χ4n) is 2.51. The molecule has 138 valence electrons. The number of rotatable bonds is 6. The van der Waals surface area contributed by atoms with E-state index < -0.39 is 18.1 Å². The number of carbonyl (C=O) groups excluding carboxylic acids is 2. The first kappa shape index (κ1) is 19.2. The van der Waals surface area contributed by atoms with Crippen molar-refractivity contribution >= 4 is 12.1 Å². The van der Waals surface area contributed by atoms with Crippen molar-refractivity contribution < 1.29 is 19.2 Å². The molecule has 1 saturated heterocycles. The number of esters is 1. The summed E-state index contributed by atoms with van der Waals surface area (Å²) in [5, 5.41) is 0. The summed E-state index contributed by atoms with van der Waals surface area (Å²) in [7, 11) is 2.01. The minimum atomic E-state index is -0.749.